The maximum absolute atomic E-state index is 13.2. The Morgan fingerprint density at radius 1 is 1.07 bits per heavy atom. The lowest BCUT2D eigenvalue weighted by Gasteiger charge is -2.29. The molecule has 0 aliphatic carbocycles. The molecule has 1 amide bonds. The molecule has 1 aliphatic rings. The average molecular weight is 362 g/mol. The molecule has 0 fully saturated rings. The Bertz CT molecular complexity index is 958. The summed E-state index contributed by atoms with van der Waals surface area (Å²) in [4.78, 5) is 14.3. The Morgan fingerprint density at radius 3 is 2.78 bits per heavy atom. The normalized spacial score (nSPS) is 13.1. The molecule has 6 heteroatoms. The number of rotatable bonds is 4. The lowest BCUT2D eigenvalue weighted by Crippen LogP contribution is -2.25. The van der Waals surface area contributed by atoms with Gasteiger partial charge in [-0.05, 0) is 54.3 Å². The number of hydrogen-bond acceptors (Lipinski definition) is 4. The molecular formula is C21H19FN4O. The number of aromatic nitrogens is 2. The van der Waals surface area contributed by atoms with Crippen molar-refractivity contribution in [3.63, 3.8) is 0 Å². The first-order valence-electron chi connectivity index (χ1n) is 8.92. The molecule has 2 heterocycles. The summed E-state index contributed by atoms with van der Waals surface area (Å²) in [6, 6.07) is 17.9. The van der Waals surface area contributed by atoms with Crippen LogP contribution < -0.4 is 10.2 Å². The maximum atomic E-state index is 13.2. The minimum Gasteiger partial charge on any atom is -0.325 e. The summed E-state index contributed by atoms with van der Waals surface area (Å²) in [5.41, 5.74) is 3.07. The van der Waals surface area contributed by atoms with Crippen molar-refractivity contribution in [1.29, 1.82) is 0 Å². The number of para-hydroxylation sites is 1. The van der Waals surface area contributed by atoms with E-state index in [9.17, 15) is 9.18 Å². The van der Waals surface area contributed by atoms with E-state index in [2.05, 4.69) is 32.5 Å². The first-order valence-corrected chi connectivity index (χ1v) is 8.92. The van der Waals surface area contributed by atoms with Crippen molar-refractivity contribution in [1.82, 2.24) is 10.2 Å². The van der Waals surface area contributed by atoms with Gasteiger partial charge in [0.2, 0.25) is 5.91 Å². The number of halogens is 1. The minimum atomic E-state index is -0.355. The molecule has 0 saturated carbocycles. The average Bonchev–Trinajstić information content (AvgIpc) is 2.68. The van der Waals surface area contributed by atoms with Crippen molar-refractivity contribution < 1.29 is 9.18 Å². The predicted molar refractivity (Wildman–Crippen MR) is 103 cm³/mol. The molecule has 0 atom stereocenters. The zero-order valence-corrected chi connectivity index (χ0v) is 14.7. The monoisotopic (exact) mass is 362 g/mol. The molecule has 0 bridgehead atoms. The van der Waals surface area contributed by atoms with Crippen molar-refractivity contribution in [2.75, 3.05) is 16.8 Å². The van der Waals surface area contributed by atoms with Gasteiger partial charge < -0.3 is 10.2 Å². The quantitative estimate of drug-likeness (QED) is 0.765. The third kappa shape index (κ3) is 3.95. The molecular weight excluding hydrogens is 343 g/mol. The molecule has 0 spiro atoms. The smallest absolute Gasteiger partial charge is 0.229 e. The SMILES string of the molecule is O=C(Cc1cccc(F)c1)Nc1ccc(N2CCCc3ccccc32)nn1. The highest BCUT2D eigenvalue weighted by Crippen LogP contribution is 2.31. The topological polar surface area (TPSA) is 58.1 Å². The Labute approximate surface area is 156 Å². The number of anilines is 3. The molecule has 27 heavy (non-hydrogen) atoms. The van der Waals surface area contributed by atoms with Gasteiger partial charge in [0.1, 0.15) is 5.82 Å². The van der Waals surface area contributed by atoms with E-state index in [-0.39, 0.29) is 18.1 Å². The summed E-state index contributed by atoms with van der Waals surface area (Å²) in [7, 11) is 0. The van der Waals surface area contributed by atoms with Crippen LogP contribution in [0.25, 0.3) is 0 Å². The van der Waals surface area contributed by atoms with E-state index in [4.69, 9.17) is 0 Å². The number of carbonyl (C=O) groups is 1. The van der Waals surface area contributed by atoms with E-state index in [1.54, 1.807) is 18.2 Å². The van der Waals surface area contributed by atoms with Crippen molar-refractivity contribution in [3.05, 3.63) is 77.6 Å². The lowest BCUT2D eigenvalue weighted by molar-refractivity contribution is -0.115. The Hall–Kier alpha value is -3.28. The summed E-state index contributed by atoms with van der Waals surface area (Å²) in [6.45, 7) is 0.886. The second kappa shape index (κ2) is 7.53. The molecule has 5 nitrogen and oxygen atoms in total. The van der Waals surface area contributed by atoms with Crippen molar-refractivity contribution in [2.45, 2.75) is 19.3 Å². The molecule has 3 aromatic rings. The van der Waals surface area contributed by atoms with E-state index in [0.29, 0.717) is 11.4 Å². The van der Waals surface area contributed by atoms with Crippen LogP contribution in [0.2, 0.25) is 0 Å². The number of benzene rings is 2. The third-order valence-corrected chi connectivity index (χ3v) is 4.56. The fourth-order valence-electron chi connectivity index (χ4n) is 3.33. The number of aryl methyl sites for hydroxylation is 1. The predicted octanol–water partition coefficient (Wildman–Crippen LogP) is 3.88. The van der Waals surface area contributed by atoms with E-state index < -0.39 is 0 Å². The van der Waals surface area contributed by atoms with Gasteiger partial charge in [-0.25, -0.2) is 4.39 Å². The van der Waals surface area contributed by atoms with Crippen LogP contribution in [0.15, 0.2) is 60.7 Å². The van der Waals surface area contributed by atoms with Gasteiger partial charge in [0.15, 0.2) is 11.6 Å². The van der Waals surface area contributed by atoms with Gasteiger partial charge in [0, 0.05) is 12.2 Å². The van der Waals surface area contributed by atoms with Gasteiger partial charge in [-0.3, -0.25) is 4.79 Å². The fourth-order valence-corrected chi connectivity index (χ4v) is 3.33. The Morgan fingerprint density at radius 2 is 1.96 bits per heavy atom. The van der Waals surface area contributed by atoms with Gasteiger partial charge in [-0.15, -0.1) is 10.2 Å². The highest BCUT2D eigenvalue weighted by Gasteiger charge is 2.19. The summed E-state index contributed by atoms with van der Waals surface area (Å²) < 4.78 is 13.2. The summed E-state index contributed by atoms with van der Waals surface area (Å²) in [6.07, 6.45) is 2.21. The van der Waals surface area contributed by atoms with Crippen LogP contribution in [0.5, 0.6) is 0 Å². The number of amides is 1. The number of carbonyl (C=O) groups excluding carboxylic acids is 1. The third-order valence-electron chi connectivity index (χ3n) is 4.56. The molecule has 1 N–H and O–H groups in total. The summed E-state index contributed by atoms with van der Waals surface area (Å²) in [5, 5.41) is 11.1. The van der Waals surface area contributed by atoms with Crippen LogP contribution in [0.4, 0.5) is 21.7 Å². The fraction of sp³-hybridized carbons (Fsp3) is 0.190. The highest BCUT2D eigenvalue weighted by atomic mass is 19.1. The molecule has 0 saturated heterocycles. The second-order valence-corrected chi connectivity index (χ2v) is 6.52. The van der Waals surface area contributed by atoms with Crippen LogP contribution in [0, 0.1) is 5.82 Å². The maximum Gasteiger partial charge on any atom is 0.229 e. The molecule has 0 radical (unpaired) electrons. The summed E-state index contributed by atoms with van der Waals surface area (Å²) >= 11 is 0. The molecule has 4 rings (SSSR count). The largest absolute Gasteiger partial charge is 0.325 e. The second-order valence-electron chi connectivity index (χ2n) is 6.52. The van der Waals surface area contributed by atoms with Crippen LogP contribution in [0.3, 0.4) is 0 Å². The number of hydrogen-bond donors (Lipinski definition) is 1. The molecule has 2 aromatic carbocycles. The van der Waals surface area contributed by atoms with Crippen LogP contribution in [-0.4, -0.2) is 22.6 Å². The van der Waals surface area contributed by atoms with Gasteiger partial charge >= 0.3 is 0 Å². The van der Waals surface area contributed by atoms with Gasteiger partial charge in [-0.1, -0.05) is 30.3 Å². The highest BCUT2D eigenvalue weighted by molar-refractivity contribution is 5.91. The van der Waals surface area contributed by atoms with Crippen LogP contribution >= 0.6 is 0 Å². The van der Waals surface area contributed by atoms with Crippen molar-refractivity contribution >= 4 is 23.2 Å². The summed E-state index contributed by atoms with van der Waals surface area (Å²) in [5.74, 6) is 0.521. The molecule has 136 valence electrons. The Balaban J connectivity index is 1.44. The number of fused-ring (bicyclic) bond motifs is 1. The first-order chi connectivity index (χ1) is 13.2. The van der Waals surface area contributed by atoms with E-state index in [1.807, 2.05) is 18.2 Å². The van der Waals surface area contributed by atoms with Crippen LogP contribution in [-0.2, 0) is 17.6 Å². The zero-order chi connectivity index (χ0) is 18.6. The van der Waals surface area contributed by atoms with Crippen molar-refractivity contribution in [2.24, 2.45) is 0 Å². The van der Waals surface area contributed by atoms with Crippen LogP contribution in [0.1, 0.15) is 17.5 Å². The number of nitrogens with one attached hydrogen (secondary N) is 1. The molecule has 0 unspecified atom stereocenters. The van der Waals surface area contributed by atoms with Gasteiger partial charge in [0.05, 0.1) is 6.42 Å². The standard InChI is InChI=1S/C21H19FN4O/c22-17-8-3-5-15(13-17)14-21(27)23-19-10-11-20(25-24-19)26-12-4-7-16-6-1-2-9-18(16)26/h1-3,5-6,8-11,13H,4,7,12,14H2,(H,23,24,27). The molecule has 1 aromatic heterocycles. The first kappa shape index (κ1) is 17.1. The molecule has 1 aliphatic heterocycles. The minimum absolute atomic E-state index is 0.0840. The zero-order valence-electron chi connectivity index (χ0n) is 14.7. The van der Waals surface area contributed by atoms with E-state index >= 15 is 0 Å². The number of nitrogens with zero attached hydrogens (tertiary/aromatic N) is 3. The van der Waals surface area contributed by atoms with E-state index in [1.165, 1.54) is 17.7 Å². The Kier molecular flexibility index (Phi) is 4.78. The van der Waals surface area contributed by atoms with Gasteiger partial charge in [-0.2, -0.15) is 0 Å². The van der Waals surface area contributed by atoms with Crippen molar-refractivity contribution in [3.8, 4) is 0 Å². The van der Waals surface area contributed by atoms with Gasteiger partial charge in [0.25, 0.3) is 0 Å². The lowest BCUT2D eigenvalue weighted by atomic mass is 10.0. The van der Waals surface area contributed by atoms with E-state index in [0.717, 1.165) is 30.9 Å².